The number of nitrogens with zero attached hydrogens (tertiary/aromatic N) is 1. The third-order valence-corrected chi connectivity index (χ3v) is 2.92. The highest BCUT2D eigenvalue weighted by atomic mass is 16.2. The Hall–Kier alpha value is -0.790. The van der Waals surface area contributed by atoms with E-state index in [4.69, 9.17) is 0 Å². The van der Waals surface area contributed by atoms with Crippen LogP contribution >= 0.6 is 0 Å². The highest BCUT2D eigenvalue weighted by molar-refractivity contribution is 5.79. The lowest BCUT2D eigenvalue weighted by Crippen LogP contribution is -2.45. The molecule has 0 heterocycles. The largest absolute Gasteiger partial charge is 0.338 e. The molecule has 88 valence electrons. The predicted molar refractivity (Wildman–Crippen MR) is 65.6 cm³/mol. The molecule has 2 heteroatoms. The summed E-state index contributed by atoms with van der Waals surface area (Å²) in [6.07, 6.45) is 1.85. The fraction of sp³-hybridized carbons (Fsp3) is 0.769. The van der Waals surface area contributed by atoms with Crippen molar-refractivity contribution in [2.45, 2.75) is 53.6 Å². The molecule has 0 aliphatic rings. The maximum atomic E-state index is 12.2. The van der Waals surface area contributed by atoms with Crippen molar-refractivity contribution in [3.8, 4) is 0 Å². The van der Waals surface area contributed by atoms with Crippen molar-refractivity contribution in [3.05, 3.63) is 12.7 Å². The summed E-state index contributed by atoms with van der Waals surface area (Å²) in [5, 5.41) is 0. The number of carbonyl (C=O) groups is 1. The van der Waals surface area contributed by atoms with Gasteiger partial charge in [-0.2, -0.15) is 0 Å². The lowest BCUT2D eigenvalue weighted by Gasteiger charge is -2.34. The zero-order valence-corrected chi connectivity index (χ0v) is 10.9. The third-order valence-electron chi connectivity index (χ3n) is 2.92. The van der Waals surface area contributed by atoms with Gasteiger partial charge in [-0.3, -0.25) is 4.79 Å². The summed E-state index contributed by atoms with van der Waals surface area (Å²) in [5.41, 5.74) is 0. The van der Waals surface area contributed by atoms with E-state index in [1.165, 1.54) is 0 Å². The summed E-state index contributed by atoms with van der Waals surface area (Å²) in [7, 11) is 0. The summed E-state index contributed by atoms with van der Waals surface area (Å²) in [5.74, 6) is 0.484. The van der Waals surface area contributed by atoms with Gasteiger partial charge in [0.1, 0.15) is 0 Å². The molecule has 0 saturated carbocycles. The lowest BCUT2D eigenvalue weighted by atomic mass is 9.94. The van der Waals surface area contributed by atoms with Crippen molar-refractivity contribution in [2.24, 2.45) is 11.8 Å². The minimum Gasteiger partial charge on any atom is -0.338 e. The van der Waals surface area contributed by atoms with E-state index in [1.54, 1.807) is 0 Å². The van der Waals surface area contributed by atoms with Gasteiger partial charge in [-0.1, -0.05) is 19.9 Å². The Morgan fingerprint density at radius 3 is 1.73 bits per heavy atom. The van der Waals surface area contributed by atoms with Gasteiger partial charge >= 0.3 is 0 Å². The van der Waals surface area contributed by atoms with Gasteiger partial charge in [-0.05, 0) is 33.6 Å². The number of hydrogen-bond donors (Lipinski definition) is 0. The van der Waals surface area contributed by atoms with Gasteiger partial charge in [0.05, 0.1) is 0 Å². The van der Waals surface area contributed by atoms with Crippen LogP contribution in [0.25, 0.3) is 0 Å². The van der Waals surface area contributed by atoms with E-state index in [-0.39, 0.29) is 29.8 Å². The van der Waals surface area contributed by atoms with Gasteiger partial charge in [0.15, 0.2) is 0 Å². The molecule has 0 aromatic heterocycles. The number of rotatable bonds is 5. The second kappa shape index (κ2) is 5.94. The molecule has 1 amide bonds. The van der Waals surface area contributed by atoms with Crippen LogP contribution in [-0.4, -0.2) is 22.9 Å². The Kier molecular flexibility index (Phi) is 5.63. The van der Waals surface area contributed by atoms with E-state index in [0.717, 1.165) is 0 Å². The zero-order valence-electron chi connectivity index (χ0n) is 10.9. The molecule has 2 nitrogen and oxygen atoms in total. The maximum Gasteiger partial charge on any atom is 0.226 e. The van der Waals surface area contributed by atoms with Crippen LogP contribution in [0.4, 0.5) is 0 Å². The van der Waals surface area contributed by atoms with Crippen molar-refractivity contribution < 1.29 is 4.79 Å². The molecule has 0 unspecified atom stereocenters. The molecule has 0 fully saturated rings. The molecular weight excluding hydrogens is 186 g/mol. The fourth-order valence-corrected chi connectivity index (χ4v) is 1.77. The first-order valence-corrected chi connectivity index (χ1v) is 5.77. The summed E-state index contributed by atoms with van der Waals surface area (Å²) in [6.45, 7) is 16.0. The van der Waals surface area contributed by atoms with Crippen LogP contribution in [0, 0.1) is 11.8 Å². The Bertz CT molecular complexity index is 213. The molecule has 0 spiro atoms. The standard InChI is InChI=1S/C13H25NO/c1-8-11(6)12(7)13(15)14(9(2)3)10(4)5/h8-12H,1H2,2-7H3/t11-,12+/m1/s1. The minimum atomic E-state index is 0.0206. The average molecular weight is 211 g/mol. The van der Waals surface area contributed by atoms with E-state index in [1.807, 2.05) is 24.8 Å². The molecule has 0 aromatic carbocycles. The van der Waals surface area contributed by atoms with Crippen LogP contribution in [0.3, 0.4) is 0 Å². The van der Waals surface area contributed by atoms with Gasteiger partial charge in [-0.25, -0.2) is 0 Å². The summed E-state index contributed by atoms with van der Waals surface area (Å²) in [4.78, 5) is 14.2. The molecule has 0 aliphatic heterocycles. The zero-order chi connectivity index (χ0) is 12.2. The topological polar surface area (TPSA) is 20.3 Å². The second-order valence-corrected chi connectivity index (χ2v) is 4.82. The smallest absolute Gasteiger partial charge is 0.226 e. The highest BCUT2D eigenvalue weighted by Crippen LogP contribution is 2.18. The number of allylic oxidation sites excluding steroid dienone is 1. The Morgan fingerprint density at radius 1 is 1.07 bits per heavy atom. The number of hydrogen-bond acceptors (Lipinski definition) is 1. The predicted octanol–water partition coefficient (Wildman–Crippen LogP) is 3.09. The molecule has 0 aliphatic carbocycles. The summed E-state index contributed by atoms with van der Waals surface area (Å²) in [6, 6.07) is 0.522. The van der Waals surface area contributed by atoms with E-state index >= 15 is 0 Å². The van der Waals surface area contributed by atoms with Crippen LogP contribution in [-0.2, 0) is 4.79 Å². The Labute approximate surface area is 94.4 Å². The van der Waals surface area contributed by atoms with E-state index in [2.05, 4.69) is 34.3 Å². The van der Waals surface area contributed by atoms with Gasteiger partial charge < -0.3 is 4.90 Å². The minimum absolute atomic E-state index is 0.0206. The second-order valence-electron chi connectivity index (χ2n) is 4.82. The molecule has 0 aromatic rings. The fourth-order valence-electron chi connectivity index (χ4n) is 1.77. The maximum absolute atomic E-state index is 12.2. The van der Waals surface area contributed by atoms with Crippen molar-refractivity contribution in [1.82, 2.24) is 4.90 Å². The molecular formula is C13H25NO. The first-order chi connectivity index (χ1) is 6.82. The van der Waals surface area contributed by atoms with E-state index in [9.17, 15) is 4.79 Å². The molecule has 15 heavy (non-hydrogen) atoms. The number of carbonyl (C=O) groups excluding carboxylic acids is 1. The summed E-state index contributed by atoms with van der Waals surface area (Å²) >= 11 is 0. The molecule has 0 bridgehead atoms. The molecule has 0 radical (unpaired) electrons. The molecule has 0 N–H and O–H groups in total. The van der Waals surface area contributed by atoms with Crippen LogP contribution in [0.15, 0.2) is 12.7 Å². The molecule has 0 saturated heterocycles. The van der Waals surface area contributed by atoms with Crippen molar-refractivity contribution in [2.75, 3.05) is 0 Å². The van der Waals surface area contributed by atoms with Crippen LogP contribution in [0.1, 0.15) is 41.5 Å². The SMILES string of the molecule is C=C[C@@H](C)[C@H](C)C(=O)N(C(C)C)C(C)C. The van der Waals surface area contributed by atoms with Gasteiger partial charge in [-0.15, -0.1) is 6.58 Å². The van der Waals surface area contributed by atoms with Gasteiger partial charge in [0.2, 0.25) is 5.91 Å². The van der Waals surface area contributed by atoms with Gasteiger partial charge in [0, 0.05) is 18.0 Å². The molecule has 0 rings (SSSR count). The van der Waals surface area contributed by atoms with Crippen LogP contribution < -0.4 is 0 Å². The van der Waals surface area contributed by atoms with Crippen LogP contribution in [0.2, 0.25) is 0 Å². The van der Waals surface area contributed by atoms with Gasteiger partial charge in [0.25, 0.3) is 0 Å². The first-order valence-electron chi connectivity index (χ1n) is 5.77. The molecule has 2 atom stereocenters. The van der Waals surface area contributed by atoms with Crippen molar-refractivity contribution >= 4 is 5.91 Å². The van der Waals surface area contributed by atoms with Crippen LogP contribution in [0.5, 0.6) is 0 Å². The summed E-state index contributed by atoms with van der Waals surface area (Å²) < 4.78 is 0. The first kappa shape index (κ1) is 14.2. The highest BCUT2D eigenvalue weighted by Gasteiger charge is 2.27. The Balaban J connectivity index is 4.71. The van der Waals surface area contributed by atoms with E-state index in [0.29, 0.717) is 0 Å². The third kappa shape index (κ3) is 3.69. The van der Waals surface area contributed by atoms with Crippen molar-refractivity contribution in [3.63, 3.8) is 0 Å². The average Bonchev–Trinajstić information content (AvgIpc) is 2.14. The van der Waals surface area contributed by atoms with Crippen molar-refractivity contribution in [1.29, 1.82) is 0 Å². The quantitative estimate of drug-likeness (QED) is 0.640. The van der Waals surface area contributed by atoms with E-state index < -0.39 is 0 Å². The lowest BCUT2D eigenvalue weighted by molar-refractivity contribution is -0.139. The Morgan fingerprint density at radius 2 is 1.47 bits per heavy atom. The monoisotopic (exact) mass is 211 g/mol. The normalized spacial score (nSPS) is 15.2. The number of amides is 1.